The van der Waals surface area contributed by atoms with Gasteiger partial charge in [0.15, 0.2) is 8.07 Å². The van der Waals surface area contributed by atoms with Gasteiger partial charge in [-0.05, 0) is 82.5 Å². The molecule has 0 aliphatic carbocycles. The molecule has 0 amide bonds. The smallest absolute Gasteiger partial charge is 0.179 e. The van der Waals surface area contributed by atoms with E-state index in [0.29, 0.717) is 0 Å². The maximum Gasteiger partial charge on any atom is 0.179 e. The number of phenols is 1. The minimum absolute atomic E-state index is 0. The fraction of sp³-hybridized carbons (Fsp3) is 0.148. The van der Waals surface area contributed by atoms with Crippen LogP contribution < -0.4 is 20.7 Å². The number of nitrogens with zero attached hydrogens (tertiary/aromatic N) is 3. The third kappa shape index (κ3) is 7.04. The van der Waals surface area contributed by atoms with Gasteiger partial charge in [-0.25, -0.2) is 4.98 Å². The first-order chi connectivity index (χ1) is 28.6. The summed E-state index contributed by atoms with van der Waals surface area (Å²) >= 11 is 0. The molecular weight excluding hydrogens is 930 g/mol. The average molecular weight is 978 g/mol. The number of phenolic OH excluding ortho intramolecular Hbond substituents is 1. The number of imidazole rings is 1. The second-order valence-electron chi connectivity index (χ2n) is 16.9. The van der Waals surface area contributed by atoms with Gasteiger partial charge in [0.2, 0.25) is 0 Å². The second kappa shape index (κ2) is 16.3. The molecule has 0 bridgehead atoms. The molecule has 0 radical (unpaired) electrons. The minimum Gasteiger partial charge on any atom is -0.507 e. The van der Waals surface area contributed by atoms with Gasteiger partial charge < -0.3 is 9.67 Å². The maximum atomic E-state index is 11.3. The number of aromatic hydroxyl groups is 1. The number of aryl methyl sites for hydroxylation is 1. The molecule has 0 saturated heterocycles. The minimum atomic E-state index is -2.86. The molecule has 300 valence electrons. The molecule has 0 atom stereocenters. The van der Waals surface area contributed by atoms with Crippen LogP contribution in [0.3, 0.4) is 0 Å². The van der Waals surface area contributed by atoms with E-state index >= 15 is 0 Å². The number of hydrogen-bond donors (Lipinski definition) is 1. The summed E-state index contributed by atoms with van der Waals surface area (Å²) in [5, 5.41) is 17.7. The molecule has 0 saturated carbocycles. The molecular formula is C54H48N3OPtSi-. The van der Waals surface area contributed by atoms with Crippen molar-refractivity contribution in [3.05, 3.63) is 187 Å². The summed E-state index contributed by atoms with van der Waals surface area (Å²) in [6.45, 7) is 13.1. The van der Waals surface area contributed by atoms with Crippen molar-refractivity contribution < 1.29 is 26.2 Å². The molecule has 0 aliphatic rings. The zero-order valence-corrected chi connectivity index (χ0v) is 38.1. The molecule has 6 heteroatoms. The maximum absolute atomic E-state index is 11.3. The van der Waals surface area contributed by atoms with Crippen molar-refractivity contribution in [2.75, 3.05) is 0 Å². The number of para-hydroxylation sites is 1. The van der Waals surface area contributed by atoms with Gasteiger partial charge in [-0.1, -0.05) is 158 Å². The fourth-order valence-corrected chi connectivity index (χ4v) is 13.7. The van der Waals surface area contributed by atoms with Gasteiger partial charge in [0, 0.05) is 38.8 Å². The molecule has 0 unspecified atom stereocenters. The van der Waals surface area contributed by atoms with Crippen molar-refractivity contribution in [2.24, 2.45) is 0 Å². The van der Waals surface area contributed by atoms with Crippen LogP contribution in [0.4, 0.5) is 0 Å². The van der Waals surface area contributed by atoms with E-state index in [2.05, 4.69) is 204 Å². The third-order valence-electron chi connectivity index (χ3n) is 11.8. The van der Waals surface area contributed by atoms with Gasteiger partial charge in [-0.2, -0.15) is 0 Å². The summed E-state index contributed by atoms with van der Waals surface area (Å²) in [7, 11) is -2.86. The molecule has 2 aromatic heterocycles. The topological polar surface area (TPSA) is 50.9 Å². The Morgan fingerprint density at radius 2 is 1.18 bits per heavy atom. The van der Waals surface area contributed by atoms with Crippen LogP contribution in [0.2, 0.25) is 0 Å². The van der Waals surface area contributed by atoms with E-state index < -0.39 is 8.07 Å². The van der Waals surface area contributed by atoms with Gasteiger partial charge in [-0.3, -0.25) is 4.98 Å². The van der Waals surface area contributed by atoms with Crippen LogP contribution in [0.1, 0.15) is 51.8 Å². The van der Waals surface area contributed by atoms with E-state index in [1.54, 1.807) is 6.07 Å². The second-order valence-corrected chi connectivity index (χ2v) is 20.7. The van der Waals surface area contributed by atoms with Gasteiger partial charge >= 0.3 is 0 Å². The Hall–Kier alpha value is -5.87. The number of hydrogen-bond acceptors (Lipinski definition) is 3. The molecule has 60 heavy (non-hydrogen) atoms. The van der Waals surface area contributed by atoms with Gasteiger partial charge in [-0.15, -0.1) is 35.4 Å². The first kappa shape index (κ1) is 40.9. The Kier molecular flexibility index (Phi) is 11.1. The van der Waals surface area contributed by atoms with Crippen LogP contribution in [0.25, 0.3) is 55.6 Å². The number of fused-ring (bicyclic) bond motifs is 2. The quantitative estimate of drug-likeness (QED) is 0.0938. The summed E-state index contributed by atoms with van der Waals surface area (Å²) in [5.41, 5.74) is 9.78. The van der Waals surface area contributed by atoms with Crippen LogP contribution in [-0.4, -0.2) is 27.7 Å². The monoisotopic (exact) mass is 977 g/mol. The van der Waals surface area contributed by atoms with Crippen molar-refractivity contribution in [3.8, 4) is 39.4 Å². The van der Waals surface area contributed by atoms with Crippen LogP contribution in [0, 0.1) is 13.0 Å². The Balaban J connectivity index is 0.00000499. The van der Waals surface area contributed by atoms with E-state index in [1.807, 2.05) is 12.3 Å². The predicted molar refractivity (Wildman–Crippen MR) is 249 cm³/mol. The van der Waals surface area contributed by atoms with Crippen molar-refractivity contribution >= 4 is 50.8 Å². The van der Waals surface area contributed by atoms with E-state index in [0.717, 1.165) is 61.1 Å². The van der Waals surface area contributed by atoms with Crippen molar-refractivity contribution in [1.82, 2.24) is 14.5 Å². The molecule has 1 N–H and O–H groups in total. The summed E-state index contributed by atoms with van der Waals surface area (Å²) < 4.78 is 2.24. The number of rotatable bonds is 8. The van der Waals surface area contributed by atoms with Crippen LogP contribution in [-0.2, 0) is 26.5 Å². The van der Waals surface area contributed by atoms with Gasteiger partial charge in [0.05, 0.1) is 16.6 Å². The Morgan fingerprint density at radius 3 is 1.77 bits per heavy atom. The van der Waals surface area contributed by atoms with E-state index in [1.165, 1.54) is 26.3 Å². The molecule has 0 fully saturated rings. The number of aromatic nitrogens is 3. The Morgan fingerprint density at radius 1 is 0.600 bits per heavy atom. The van der Waals surface area contributed by atoms with Crippen molar-refractivity contribution in [2.45, 2.75) is 53.0 Å². The fourth-order valence-electron chi connectivity index (χ4n) is 8.89. The molecule has 4 nitrogen and oxygen atoms in total. The number of pyridine rings is 1. The largest absolute Gasteiger partial charge is 0.507 e. The van der Waals surface area contributed by atoms with E-state index in [4.69, 9.17) is 9.97 Å². The van der Waals surface area contributed by atoms with Gasteiger partial charge in [0.1, 0.15) is 11.6 Å². The van der Waals surface area contributed by atoms with Crippen molar-refractivity contribution in [3.63, 3.8) is 0 Å². The molecule has 0 spiro atoms. The summed E-state index contributed by atoms with van der Waals surface area (Å²) in [6.07, 6.45) is 1.92. The first-order valence-corrected chi connectivity index (χ1v) is 22.5. The molecule has 9 aromatic rings. The standard InChI is InChI=1S/C54H48N3OSi.Pt/c1-36(2)57-49-27-17-26-45(52(49)56-53(57)48-33-40(54(4,5)6)28-29-50(48)58)38-18-16-19-39(32-38)47-35-44(34-46-37(3)30-31-55-51(46)47)59(41-20-10-7-11-21-41,42-22-12-8-13-23-42)43-24-14-9-15-25-43;/h7-31,33-36,58H,1-6H3;/q-1;. The van der Waals surface area contributed by atoms with Crippen molar-refractivity contribution in [1.29, 1.82) is 0 Å². The van der Waals surface area contributed by atoms with Gasteiger partial charge in [0.25, 0.3) is 0 Å². The van der Waals surface area contributed by atoms with E-state index in [-0.39, 0.29) is 38.3 Å². The summed E-state index contributed by atoms with van der Waals surface area (Å²) in [4.78, 5) is 10.4. The predicted octanol–water partition coefficient (Wildman–Crippen LogP) is 10.7. The number of benzene rings is 7. The summed E-state index contributed by atoms with van der Waals surface area (Å²) in [5.74, 6) is 0.977. The Bertz CT molecular complexity index is 2880. The summed E-state index contributed by atoms with van der Waals surface area (Å²) in [6, 6.07) is 62.8. The zero-order valence-electron chi connectivity index (χ0n) is 34.8. The van der Waals surface area contributed by atoms with E-state index in [9.17, 15) is 5.11 Å². The van der Waals surface area contributed by atoms with Crippen LogP contribution in [0.15, 0.2) is 170 Å². The van der Waals surface area contributed by atoms with Crippen LogP contribution >= 0.6 is 0 Å². The SMILES string of the molecule is Cc1ccnc2c(-c3[c-]c(-c4cccc5c4nc(-c4cc(C(C)(C)C)ccc4O)n5C(C)C)ccc3)cc([Si](c3ccccc3)(c3ccccc3)c3ccccc3)cc12.[Pt]. The normalized spacial score (nSPS) is 11.9. The molecule has 9 rings (SSSR count). The molecule has 2 heterocycles. The molecule has 7 aromatic carbocycles. The Labute approximate surface area is 368 Å². The molecule has 0 aliphatic heterocycles. The first-order valence-electron chi connectivity index (χ1n) is 20.5. The third-order valence-corrected chi connectivity index (χ3v) is 16.6. The average Bonchev–Trinajstić information content (AvgIpc) is 3.65. The zero-order chi connectivity index (χ0) is 40.9. The van der Waals surface area contributed by atoms with Crippen LogP contribution in [0.5, 0.6) is 5.75 Å².